The van der Waals surface area contributed by atoms with Crippen LogP contribution >= 0.6 is 0 Å². The van der Waals surface area contributed by atoms with E-state index < -0.39 is 32.9 Å². The van der Waals surface area contributed by atoms with Crippen LogP contribution in [-0.4, -0.2) is 24.1 Å². The molecule has 1 heterocycles. The van der Waals surface area contributed by atoms with Crippen molar-refractivity contribution >= 4 is 16.0 Å². The Hall–Kier alpha value is -1.67. The van der Waals surface area contributed by atoms with Gasteiger partial charge in [0.25, 0.3) is 0 Å². The van der Waals surface area contributed by atoms with Crippen LogP contribution in [0.5, 0.6) is 0 Å². The molecule has 3 N–H and O–H groups in total. The van der Waals surface area contributed by atoms with Crippen LogP contribution in [0.15, 0.2) is 28.2 Å². The minimum atomic E-state index is -4.12. The van der Waals surface area contributed by atoms with E-state index in [4.69, 9.17) is 10.2 Å². The summed E-state index contributed by atoms with van der Waals surface area (Å²) in [5.41, 5.74) is -0.765. The number of carboxylic acids is 1. The molecule has 0 unspecified atom stereocenters. The normalized spacial score (nSPS) is 11.3. The number of aromatic nitrogens is 1. The summed E-state index contributed by atoms with van der Waals surface area (Å²) in [6, 6.07) is 0.947. The number of carbonyl (C=O) groups is 1. The number of hydrogen-bond donors (Lipinski definition) is 2. The molecule has 0 aliphatic heterocycles. The first-order valence-corrected chi connectivity index (χ1v) is 5.30. The molecule has 0 bridgehead atoms. The Morgan fingerprint density at radius 2 is 2.13 bits per heavy atom. The molecule has 0 fully saturated rings. The van der Waals surface area contributed by atoms with E-state index in [0.717, 1.165) is 16.8 Å². The SMILES string of the molecule is NS(=O)(=O)c1cn(CC(=O)O)ccc1=O. The summed E-state index contributed by atoms with van der Waals surface area (Å²) in [5, 5.41) is 13.2. The van der Waals surface area contributed by atoms with Crippen molar-refractivity contribution in [3.05, 3.63) is 28.7 Å². The predicted octanol–water partition coefficient (Wildman–Crippen LogP) is -1.42. The fourth-order valence-electron chi connectivity index (χ4n) is 0.971. The Morgan fingerprint density at radius 1 is 1.53 bits per heavy atom. The molecule has 0 radical (unpaired) electrons. The second-order valence-corrected chi connectivity index (χ2v) is 4.31. The molecule has 0 atom stereocenters. The van der Waals surface area contributed by atoms with Gasteiger partial charge < -0.3 is 9.67 Å². The molecule has 0 amide bonds. The lowest BCUT2D eigenvalue weighted by atomic mass is 10.4. The number of nitrogens with two attached hydrogens (primary N) is 1. The molecule has 0 saturated carbocycles. The molecule has 1 aromatic heterocycles. The predicted molar refractivity (Wildman–Crippen MR) is 49.7 cm³/mol. The van der Waals surface area contributed by atoms with Crippen LogP contribution < -0.4 is 10.6 Å². The number of nitrogens with zero attached hydrogens (tertiary/aromatic N) is 1. The lowest BCUT2D eigenvalue weighted by Gasteiger charge is -2.03. The molecule has 0 aromatic carbocycles. The van der Waals surface area contributed by atoms with Crippen molar-refractivity contribution in [2.24, 2.45) is 5.14 Å². The van der Waals surface area contributed by atoms with Crippen LogP contribution in [-0.2, 0) is 21.4 Å². The molecule has 15 heavy (non-hydrogen) atoms. The molecule has 1 rings (SSSR count). The first-order chi connectivity index (χ1) is 6.80. The zero-order chi connectivity index (χ0) is 11.6. The van der Waals surface area contributed by atoms with Crippen molar-refractivity contribution in [3.8, 4) is 0 Å². The van der Waals surface area contributed by atoms with Crippen LogP contribution in [0, 0.1) is 0 Å². The van der Waals surface area contributed by atoms with E-state index in [2.05, 4.69) is 0 Å². The van der Waals surface area contributed by atoms with Crippen LogP contribution in [0.1, 0.15) is 0 Å². The minimum Gasteiger partial charge on any atom is -0.480 e. The van der Waals surface area contributed by atoms with Gasteiger partial charge in [0, 0.05) is 18.5 Å². The van der Waals surface area contributed by atoms with Gasteiger partial charge in [-0.05, 0) is 0 Å². The largest absolute Gasteiger partial charge is 0.480 e. The quantitative estimate of drug-likeness (QED) is 0.662. The van der Waals surface area contributed by atoms with Gasteiger partial charge in [-0.3, -0.25) is 9.59 Å². The lowest BCUT2D eigenvalue weighted by molar-refractivity contribution is -0.137. The number of rotatable bonds is 3. The molecule has 8 heteroatoms. The van der Waals surface area contributed by atoms with Crippen molar-refractivity contribution in [2.45, 2.75) is 11.4 Å². The maximum absolute atomic E-state index is 11.1. The zero-order valence-corrected chi connectivity index (χ0v) is 8.27. The van der Waals surface area contributed by atoms with Gasteiger partial charge in [0.2, 0.25) is 15.5 Å². The lowest BCUT2D eigenvalue weighted by Crippen LogP contribution is -2.23. The van der Waals surface area contributed by atoms with Crippen molar-refractivity contribution in [3.63, 3.8) is 0 Å². The van der Waals surface area contributed by atoms with Crippen molar-refractivity contribution < 1.29 is 18.3 Å². The van der Waals surface area contributed by atoms with Crippen LogP contribution in [0.2, 0.25) is 0 Å². The fourth-order valence-corrected chi connectivity index (χ4v) is 1.60. The van der Waals surface area contributed by atoms with E-state index in [1.54, 1.807) is 0 Å². The highest BCUT2D eigenvalue weighted by molar-refractivity contribution is 7.89. The van der Waals surface area contributed by atoms with Gasteiger partial charge in [0.1, 0.15) is 11.4 Å². The summed E-state index contributed by atoms with van der Waals surface area (Å²) in [5.74, 6) is -1.15. The average Bonchev–Trinajstić information content (AvgIpc) is 2.05. The Labute approximate surface area is 84.8 Å². The topological polar surface area (TPSA) is 119 Å². The molecule has 1 aromatic rings. The third kappa shape index (κ3) is 2.89. The van der Waals surface area contributed by atoms with Gasteiger partial charge in [-0.2, -0.15) is 0 Å². The Kier molecular flexibility index (Phi) is 2.91. The average molecular weight is 232 g/mol. The van der Waals surface area contributed by atoms with Gasteiger partial charge in [0.15, 0.2) is 0 Å². The summed E-state index contributed by atoms with van der Waals surface area (Å²) in [6.45, 7) is -0.442. The highest BCUT2D eigenvalue weighted by Gasteiger charge is 2.13. The van der Waals surface area contributed by atoms with Gasteiger partial charge in [-0.25, -0.2) is 13.6 Å². The maximum atomic E-state index is 11.1. The molecular weight excluding hydrogens is 224 g/mol. The Bertz CT molecular complexity index is 545. The minimum absolute atomic E-state index is 0.442. The van der Waals surface area contributed by atoms with Crippen molar-refractivity contribution in [1.82, 2.24) is 4.57 Å². The molecule has 0 aliphatic carbocycles. The summed E-state index contributed by atoms with van der Waals surface area (Å²) >= 11 is 0. The number of carboxylic acid groups (broad SMARTS) is 1. The van der Waals surface area contributed by atoms with E-state index in [1.165, 1.54) is 6.20 Å². The second-order valence-electron chi connectivity index (χ2n) is 2.78. The molecule has 0 aliphatic rings. The number of pyridine rings is 1. The fraction of sp³-hybridized carbons (Fsp3) is 0.143. The Balaban J connectivity index is 3.30. The first kappa shape index (κ1) is 11.4. The molecular formula is C7H8N2O5S. The van der Waals surface area contributed by atoms with E-state index in [1.807, 2.05) is 0 Å². The molecule has 7 nitrogen and oxygen atoms in total. The van der Waals surface area contributed by atoms with Gasteiger partial charge in [0.05, 0.1) is 0 Å². The summed E-state index contributed by atoms with van der Waals surface area (Å²) in [7, 11) is -4.12. The molecule has 82 valence electrons. The smallest absolute Gasteiger partial charge is 0.323 e. The first-order valence-electron chi connectivity index (χ1n) is 3.75. The maximum Gasteiger partial charge on any atom is 0.323 e. The monoisotopic (exact) mass is 232 g/mol. The molecule has 0 spiro atoms. The van der Waals surface area contributed by atoms with E-state index in [-0.39, 0.29) is 0 Å². The standard InChI is InChI=1S/C7H8N2O5S/c8-15(13,14)6-3-9(4-7(11)12)2-1-5(6)10/h1-3H,4H2,(H,11,12)(H2,8,13,14). The summed E-state index contributed by atoms with van der Waals surface area (Å²) in [4.78, 5) is 20.8. The summed E-state index contributed by atoms with van der Waals surface area (Å²) in [6.07, 6.45) is 2.07. The van der Waals surface area contributed by atoms with E-state index >= 15 is 0 Å². The zero-order valence-electron chi connectivity index (χ0n) is 7.45. The summed E-state index contributed by atoms with van der Waals surface area (Å²) < 4.78 is 22.9. The van der Waals surface area contributed by atoms with Crippen LogP contribution in [0.3, 0.4) is 0 Å². The molecule has 0 saturated heterocycles. The van der Waals surface area contributed by atoms with Crippen molar-refractivity contribution in [1.29, 1.82) is 0 Å². The third-order valence-corrected chi connectivity index (χ3v) is 2.49. The van der Waals surface area contributed by atoms with Crippen LogP contribution in [0.25, 0.3) is 0 Å². The number of hydrogen-bond acceptors (Lipinski definition) is 4. The van der Waals surface area contributed by atoms with Gasteiger partial charge >= 0.3 is 5.97 Å². The third-order valence-electron chi connectivity index (χ3n) is 1.57. The number of sulfonamides is 1. The number of aliphatic carboxylic acids is 1. The van der Waals surface area contributed by atoms with Gasteiger partial charge in [-0.1, -0.05) is 0 Å². The highest BCUT2D eigenvalue weighted by atomic mass is 32.2. The highest BCUT2D eigenvalue weighted by Crippen LogP contribution is 1.98. The van der Waals surface area contributed by atoms with Crippen molar-refractivity contribution in [2.75, 3.05) is 0 Å². The second kappa shape index (κ2) is 3.83. The van der Waals surface area contributed by atoms with Gasteiger partial charge in [-0.15, -0.1) is 0 Å². The van der Waals surface area contributed by atoms with E-state index in [9.17, 15) is 18.0 Å². The number of primary sulfonamides is 1. The Morgan fingerprint density at radius 3 is 2.60 bits per heavy atom. The van der Waals surface area contributed by atoms with E-state index in [0.29, 0.717) is 0 Å². The van der Waals surface area contributed by atoms with Crippen LogP contribution in [0.4, 0.5) is 0 Å².